The van der Waals surface area contributed by atoms with Crippen molar-refractivity contribution in [2.75, 3.05) is 0 Å². The third kappa shape index (κ3) is 2.79. The first kappa shape index (κ1) is 16.5. The molecule has 8 heteroatoms. The second-order valence-corrected chi connectivity index (χ2v) is 8.44. The van der Waals surface area contributed by atoms with Crippen molar-refractivity contribution in [3.63, 3.8) is 0 Å². The Balaban J connectivity index is 2.10. The van der Waals surface area contributed by atoms with E-state index in [2.05, 4.69) is 21.2 Å². The highest BCUT2D eigenvalue weighted by atomic mass is 79.9. The smallest absolute Gasteiger partial charge is 0.322 e. The number of carboxylic acid groups (broad SMARTS) is 1. The highest BCUT2D eigenvalue weighted by molar-refractivity contribution is 9.10. The lowest BCUT2D eigenvalue weighted by molar-refractivity contribution is -0.139. The van der Waals surface area contributed by atoms with Gasteiger partial charge in [-0.1, -0.05) is 0 Å². The van der Waals surface area contributed by atoms with E-state index < -0.39 is 27.9 Å². The average molecular weight is 402 g/mol. The van der Waals surface area contributed by atoms with E-state index in [1.165, 1.54) is 24.1 Å². The molecule has 23 heavy (non-hydrogen) atoms. The van der Waals surface area contributed by atoms with Gasteiger partial charge >= 0.3 is 5.97 Å². The van der Waals surface area contributed by atoms with Crippen LogP contribution >= 0.6 is 27.7 Å². The average Bonchev–Trinajstić information content (AvgIpc) is 2.75. The number of aliphatic carboxylic acids is 1. The van der Waals surface area contributed by atoms with E-state index in [1.807, 2.05) is 0 Å². The largest absolute Gasteiger partial charge is 0.480 e. The summed E-state index contributed by atoms with van der Waals surface area (Å²) >= 11 is 4.50. The summed E-state index contributed by atoms with van der Waals surface area (Å²) in [5, 5.41) is 11.8. The van der Waals surface area contributed by atoms with Crippen LogP contribution in [0.15, 0.2) is 32.1 Å². The molecule has 2 aromatic rings. The topological polar surface area (TPSA) is 79.5 Å². The molecule has 0 aliphatic carbocycles. The Morgan fingerprint density at radius 2 is 2.17 bits per heavy atom. The zero-order valence-corrected chi connectivity index (χ0v) is 14.6. The minimum atomic E-state index is -0.982. The fourth-order valence-corrected chi connectivity index (χ4v) is 4.57. The first-order valence-electron chi connectivity index (χ1n) is 6.78. The molecule has 0 spiro atoms. The van der Waals surface area contributed by atoms with Crippen molar-refractivity contribution in [3.8, 4) is 0 Å². The monoisotopic (exact) mass is 401 g/mol. The first-order chi connectivity index (χ1) is 10.7. The number of hydrogen-bond acceptors (Lipinski definition) is 5. The molecule has 1 aromatic heterocycles. The third-order valence-corrected chi connectivity index (χ3v) is 5.84. The van der Waals surface area contributed by atoms with Crippen LogP contribution in [-0.2, 0) is 4.79 Å². The van der Waals surface area contributed by atoms with Crippen molar-refractivity contribution in [2.45, 2.75) is 30.0 Å². The number of hydrogen-bond donors (Lipinski definition) is 2. The zero-order valence-electron chi connectivity index (χ0n) is 12.2. The van der Waals surface area contributed by atoms with Gasteiger partial charge in [0, 0.05) is 4.75 Å². The number of carboxylic acids is 1. The fourth-order valence-electron chi connectivity index (χ4n) is 2.64. The number of halogens is 2. The molecule has 0 bridgehead atoms. The predicted octanol–water partition coefficient (Wildman–Crippen LogP) is 3.26. The van der Waals surface area contributed by atoms with Gasteiger partial charge in [0.2, 0.25) is 0 Å². The normalized spacial score (nSPS) is 23.3. The van der Waals surface area contributed by atoms with Crippen molar-refractivity contribution < 1.29 is 18.7 Å². The van der Waals surface area contributed by atoms with Gasteiger partial charge in [0.25, 0.3) is 0 Å². The van der Waals surface area contributed by atoms with Crippen LogP contribution in [0.2, 0.25) is 0 Å². The summed E-state index contributed by atoms with van der Waals surface area (Å²) in [6.45, 7) is 3.59. The van der Waals surface area contributed by atoms with Crippen LogP contribution in [-0.4, -0.2) is 21.9 Å². The zero-order chi connectivity index (χ0) is 16.9. The summed E-state index contributed by atoms with van der Waals surface area (Å²) in [6, 6.07) is 1.54. The van der Waals surface area contributed by atoms with Crippen LogP contribution in [0.25, 0.3) is 11.0 Å². The summed E-state index contributed by atoms with van der Waals surface area (Å²) in [7, 11) is 0. The van der Waals surface area contributed by atoms with Gasteiger partial charge in [0.1, 0.15) is 18.1 Å². The number of rotatable bonds is 2. The van der Waals surface area contributed by atoms with Crippen molar-refractivity contribution in [2.24, 2.45) is 0 Å². The maximum atomic E-state index is 13.6. The molecule has 0 amide bonds. The van der Waals surface area contributed by atoms with Crippen molar-refractivity contribution in [1.29, 1.82) is 0 Å². The Kier molecular flexibility index (Phi) is 4.02. The van der Waals surface area contributed by atoms with Crippen LogP contribution < -0.4 is 10.7 Å². The predicted molar refractivity (Wildman–Crippen MR) is 89.1 cm³/mol. The summed E-state index contributed by atoms with van der Waals surface area (Å²) in [5.74, 6) is -1.53. The van der Waals surface area contributed by atoms with Gasteiger partial charge in [-0.25, -0.2) is 4.39 Å². The lowest BCUT2D eigenvalue weighted by atomic mass is 10.0. The summed E-state index contributed by atoms with van der Waals surface area (Å²) < 4.78 is 18.8. The molecule has 3 rings (SSSR count). The van der Waals surface area contributed by atoms with Gasteiger partial charge < -0.3 is 9.52 Å². The van der Waals surface area contributed by atoms with E-state index in [1.54, 1.807) is 13.8 Å². The van der Waals surface area contributed by atoms with Crippen molar-refractivity contribution in [1.82, 2.24) is 5.32 Å². The molecule has 1 aromatic carbocycles. The van der Waals surface area contributed by atoms with E-state index in [0.717, 1.165) is 6.07 Å². The molecule has 2 N–H and O–H groups in total. The molecule has 1 aliphatic heterocycles. The van der Waals surface area contributed by atoms with Crippen molar-refractivity contribution in [3.05, 3.63) is 44.5 Å². The molecule has 2 heterocycles. The maximum absolute atomic E-state index is 13.6. The third-order valence-electron chi connectivity index (χ3n) is 3.78. The van der Waals surface area contributed by atoms with E-state index in [0.29, 0.717) is 4.47 Å². The van der Waals surface area contributed by atoms with Crippen LogP contribution in [0, 0.1) is 5.82 Å². The number of thioether (sulfide) groups is 1. The van der Waals surface area contributed by atoms with Crippen LogP contribution in [0.1, 0.15) is 24.8 Å². The van der Waals surface area contributed by atoms with E-state index in [4.69, 9.17) is 4.42 Å². The van der Waals surface area contributed by atoms with Gasteiger partial charge in [-0.05, 0) is 41.9 Å². The number of nitrogens with one attached hydrogen (secondary N) is 1. The molecule has 2 unspecified atom stereocenters. The number of fused-ring (bicyclic) bond motifs is 1. The molecule has 1 fully saturated rings. The lowest BCUT2D eigenvalue weighted by Crippen LogP contribution is -2.43. The lowest BCUT2D eigenvalue weighted by Gasteiger charge is -2.20. The highest BCUT2D eigenvalue weighted by Gasteiger charge is 2.46. The minimum Gasteiger partial charge on any atom is -0.480 e. The minimum absolute atomic E-state index is 0.119. The molecule has 5 nitrogen and oxygen atoms in total. The van der Waals surface area contributed by atoms with Gasteiger partial charge in [0.05, 0.1) is 20.8 Å². The summed E-state index contributed by atoms with van der Waals surface area (Å²) in [5.41, 5.74) is 0.160. The quantitative estimate of drug-likeness (QED) is 0.803. The molecular formula is C15H13BrFNO4S. The Labute approximate surface area is 143 Å². The Morgan fingerprint density at radius 1 is 1.48 bits per heavy atom. The molecule has 1 saturated heterocycles. The van der Waals surface area contributed by atoms with Gasteiger partial charge in [-0.2, -0.15) is 0 Å². The van der Waals surface area contributed by atoms with E-state index in [9.17, 15) is 19.1 Å². The van der Waals surface area contributed by atoms with E-state index in [-0.39, 0.29) is 22.0 Å². The number of benzene rings is 1. The van der Waals surface area contributed by atoms with E-state index >= 15 is 0 Å². The first-order valence-corrected chi connectivity index (χ1v) is 8.45. The molecular weight excluding hydrogens is 389 g/mol. The fraction of sp³-hybridized carbons (Fsp3) is 0.333. The van der Waals surface area contributed by atoms with Crippen LogP contribution in [0.3, 0.4) is 0 Å². The standard InChI is InChI=1S/C15H13BrFNO4S/c1-15(2)12(14(20)21)18-13(23-15)8-5-22-11-7(10(8)19)3-6(17)4-9(11)16/h3-5,12-13,18H,1-2H3,(H,20,21). The van der Waals surface area contributed by atoms with Gasteiger partial charge in [0.15, 0.2) is 11.0 Å². The van der Waals surface area contributed by atoms with Crippen LogP contribution in [0.5, 0.6) is 0 Å². The second-order valence-electron chi connectivity index (χ2n) is 5.82. The molecule has 0 saturated carbocycles. The SMILES string of the molecule is CC1(C)SC(c2coc3c(Br)cc(F)cc3c2=O)NC1C(=O)O. The Morgan fingerprint density at radius 3 is 2.78 bits per heavy atom. The van der Waals surface area contributed by atoms with Crippen LogP contribution in [0.4, 0.5) is 4.39 Å². The highest BCUT2D eigenvalue weighted by Crippen LogP contribution is 2.45. The maximum Gasteiger partial charge on any atom is 0.322 e. The summed E-state index contributed by atoms with van der Waals surface area (Å²) in [4.78, 5) is 24.0. The Hall–Kier alpha value is -1.38. The Bertz CT molecular complexity index is 866. The van der Waals surface area contributed by atoms with Crippen molar-refractivity contribution >= 4 is 44.6 Å². The molecule has 1 aliphatic rings. The second kappa shape index (κ2) is 5.61. The molecule has 0 radical (unpaired) electrons. The summed E-state index contributed by atoms with van der Waals surface area (Å²) in [6.07, 6.45) is 1.30. The number of carbonyl (C=O) groups is 1. The molecule has 2 atom stereocenters. The van der Waals surface area contributed by atoms with Gasteiger partial charge in [-0.15, -0.1) is 11.8 Å². The van der Waals surface area contributed by atoms with Gasteiger partial charge in [-0.3, -0.25) is 14.9 Å². The molecule has 122 valence electrons.